The van der Waals surface area contributed by atoms with Crippen LogP contribution in [0.25, 0.3) is 0 Å². The average molecular weight is 160 g/mol. The summed E-state index contributed by atoms with van der Waals surface area (Å²) in [6.07, 6.45) is -3.01. The predicted octanol–water partition coefficient (Wildman–Crippen LogP) is -2.15. The third kappa shape index (κ3) is 1.17. The maximum absolute atomic E-state index is 10.7. The summed E-state index contributed by atoms with van der Waals surface area (Å²) in [4.78, 5) is 22.1. The Kier molecular flexibility index (Phi) is 1.79. The number of hydrogen-bond donors (Lipinski definition) is 3. The summed E-state index contributed by atoms with van der Waals surface area (Å²) in [5.74, 6) is -0.874. The van der Waals surface area contributed by atoms with Crippen molar-refractivity contribution in [2.45, 2.75) is 12.3 Å². The summed E-state index contributed by atoms with van der Waals surface area (Å²) < 4.78 is 0. The van der Waals surface area contributed by atoms with E-state index in [1.807, 2.05) is 5.32 Å². The molecule has 1 fully saturated rings. The zero-order chi connectivity index (χ0) is 8.59. The van der Waals surface area contributed by atoms with Crippen LogP contribution < -0.4 is 5.32 Å². The van der Waals surface area contributed by atoms with Crippen molar-refractivity contribution in [2.75, 3.05) is 7.05 Å². The van der Waals surface area contributed by atoms with Gasteiger partial charge < -0.3 is 10.2 Å². The highest BCUT2D eigenvalue weighted by Crippen LogP contribution is 2.05. The van der Waals surface area contributed by atoms with Crippen molar-refractivity contribution in [3.05, 3.63) is 0 Å². The molecule has 0 aromatic heterocycles. The first kappa shape index (κ1) is 7.96. The molecule has 1 aliphatic heterocycles. The lowest BCUT2D eigenvalue weighted by atomic mass is 10.2. The van der Waals surface area contributed by atoms with Gasteiger partial charge in [-0.05, 0) is 0 Å². The van der Waals surface area contributed by atoms with Crippen molar-refractivity contribution in [3.8, 4) is 0 Å². The molecule has 0 saturated carbocycles. The Balaban J connectivity index is 2.78. The van der Waals surface area contributed by atoms with E-state index in [4.69, 9.17) is 10.2 Å². The number of imide groups is 1. The van der Waals surface area contributed by atoms with Crippen LogP contribution in [0.1, 0.15) is 0 Å². The average Bonchev–Trinajstić information content (AvgIpc) is 1.97. The molecule has 6 heteroatoms. The van der Waals surface area contributed by atoms with E-state index in [9.17, 15) is 9.59 Å². The number of urea groups is 1. The lowest BCUT2D eigenvalue weighted by molar-refractivity contribution is -0.145. The van der Waals surface area contributed by atoms with Crippen molar-refractivity contribution in [1.82, 2.24) is 10.2 Å². The van der Waals surface area contributed by atoms with Crippen LogP contribution in [0.3, 0.4) is 0 Å². The molecule has 62 valence electrons. The van der Waals surface area contributed by atoms with Gasteiger partial charge in [-0.2, -0.15) is 0 Å². The minimum atomic E-state index is -1.56. The summed E-state index contributed by atoms with van der Waals surface area (Å²) in [6, 6.07) is -0.715. The smallest absolute Gasteiger partial charge is 0.326 e. The number of nitrogens with one attached hydrogen (secondary N) is 1. The number of rotatable bonds is 0. The quantitative estimate of drug-likeness (QED) is 0.377. The minimum absolute atomic E-state index is 0.715. The Morgan fingerprint density at radius 1 is 1.45 bits per heavy atom. The van der Waals surface area contributed by atoms with Crippen LogP contribution in [0.2, 0.25) is 0 Å². The second-order valence-electron chi connectivity index (χ2n) is 2.26. The second-order valence-corrected chi connectivity index (χ2v) is 2.26. The molecule has 1 rings (SSSR count). The lowest BCUT2D eigenvalue weighted by Gasteiger charge is -2.31. The molecule has 1 aliphatic rings. The van der Waals surface area contributed by atoms with Gasteiger partial charge in [0.25, 0.3) is 5.91 Å². The molecule has 11 heavy (non-hydrogen) atoms. The Morgan fingerprint density at radius 3 is 2.55 bits per heavy atom. The molecule has 1 heterocycles. The normalized spacial score (nSPS) is 32.1. The standard InChI is InChI=1S/C5H8N2O4/c1-7-4(10)2(8)3(9)6-5(7)11/h2,4,8,10H,1H3,(H,6,9,11). The van der Waals surface area contributed by atoms with Crippen molar-refractivity contribution >= 4 is 11.9 Å². The monoisotopic (exact) mass is 160 g/mol. The molecule has 3 N–H and O–H groups in total. The lowest BCUT2D eigenvalue weighted by Crippen LogP contribution is -2.61. The molecule has 6 nitrogen and oxygen atoms in total. The number of likely N-dealkylation sites (N-methyl/N-ethyl adjacent to an activating group) is 1. The third-order valence-corrected chi connectivity index (χ3v) is 1.50. The van der Waals surface area contributed by atoms with Gasteiger partial charge in [0.2, 0.25) is 0 Å². The maximum Gasteiger partial charge on any atom is 0.326 e. The van der Waals surface area contributed by atoms with Crippen molar-refractivity contribution in [2.24, 2.45) is 0 Å². The van der Waals surface area contributed by atoms with Crippen LogP contribution in [0.5, 0.6) is 0 Å². The van der Waals surface area contributed by atoms with Gasteiger partial charge in [0.05, 0.1) is 0 Å². The van der Waals surface area contributed by atoms with Crippen LogP contribution in [0.4, 0.5) is 4.79 Å². The molecule has 2 unspecified atom stereocenters. The van der Waals surface area contributed by atoms with E-state index < -0.39 is 24.3 Å². The number of hydrogen-bond acceptors (Lipinski definition) is 4. The number of nitrogens with zero attached hydrogens (tertiary/aromatic N) is 1. The van der Waals surface area contributed by atoms with Gasteiger partial charge in [0.15, 0.2) is 12.3 Å². The highest BCUT2D eigenvalue weighted by molar-refractivity contribution is 5.99. The van der Waals surface area contributed by atoms with Crippen molar-refractivity contribution in [1.29, 1.82) is 0 Å². The van der Waals surface area contributed by atoms with Gasteiger partial charge in [0.1, 0.15) is 0 Å². The third-order valence-electron chi connectivity index (χ3n) is 1.50. The SMILES string of the molecule is CN1C(=O)NC(=O)C(O)C1O. The largest absolute Gasteiger partial charge is 0.379 e. The maximum atomic E-state index is 10.7. The number of amides is 3. The minimum Gasteiger partial charge on any atom is -0.379 e. The van der Waals surface area contributed by atoms with Crippen molar-refractivity contribution < 1.29 is 19.8 Å². The fraction of sp³-hybridized carbons (Fsp3) is 0.600. The van der Waals surface area contributed by atoms with Gasteiger partial charge in [-0.15, -0.1) is 0 Å². The molecule has 0 bridgehead atoms. The second kappa shape index (κ2) is 2.48. The molecular formula is C5H8N2O4. The first-order chi connectivity index (χ1) is 5.04. The van der Waals surface area contributed by atoms with E-state index in [2.05, 4.69) is 0 Å². The fourth-order valence-electron chi connectivity index (χ4n) is 0.735. The molecule has 0 spiro atoms. The van der Waals surface area contributed by atoms with E-state index in [-0.39, 0.29) is 0 Å². The van der Waals surface area contributed by atoms with Crippen LogP contribution in [0.15, 0.2) is 0 Å². The highest BCUT2D eigenvalue weighted by atomic mass is 16.4. The summed E-state index contributed by atoms with van der Waals surface area (Å²) in [7, 11) is 1.27. The van der Waals surface area contributed by atoms with E-state index in [0.717, 1.165) is 4.90 Å². The molecule has 1 saturated heterocycles. The highest BCUT2D eigenvalue weighted by Gasteiger charge is 2.36. The summed E-state index contributed by atoms with van der Waals surface area (Å²) in [5, 5.41) is 19.7. The zero-order valence-corrected chi connectivity index (χ0v) is 5.81. The Labute approximate surface area is 62.4 Å². The first-order valence-corrected chi connectivity index (χ1v) is 2.98. The number of carbonyl (C=O) groups is 2. The molecule has 0 aromatic rings. The number of carbonyl (C=O) groups excluding carboxylic acids is 2. The molecule has 3 amide bonds. The molecular weight excluding hydrogens is 152 g/mol. The topological polar surface area (TPSA) is 89.9 Å². The Bertz CT molecular complexity index is 185. The number of aliphatic hydroxyl groups excluding tert-OH is 2. The van der Waals surface area contributed by atoms with Gasteiger partial charge in [-0.3, -0.25) is 15.0 Å². The van der Waals surface area contributed by atoms with Crippen LogP contribution in [-0.4, -0.2) is 46.4 Å². The predicted molar refractivity (Wildman–Crippen MR) is 33.3 cm³/mol. The van der Waals surface area contributed by atoms with Gasteiger partial charge in [-0.25, -0.2) is 4.79 Å². The molecule has 0 aromatic carbocycles. The van der Waals surface area contributed by atoms with E-state index in [1.54, 1.807) is 0 Å². The zero-order valence-electron chi connectivity index (χ0n) is 5.81. The van der Waals surface area contributed by atoms with E-state index >= 15 is 0 Å². The van der Waals surface area contributed by atoms with Gasteiger partial charge >= 0.3 is 6.03 Å². The van der Waals surface area contributed by atoms with Gasteiger partial charge in [0, 0.05) is 7.05 Å². The fourth-order valence-corrected chi connectivity index (χ4v) is 0.735. The van der Waals surface area contributed by atoms with Crippen LogP contribution >= 0.6 is 0 Å². The van der Waals surface area contributed by atoms with Gasteiger partial charge in [-0.1, -0.05) is 0 Å². The first-order valence-electron chi connectivity index (χ1n) is 2.98. The van der Waals surface area contributed by atoms with Crippen LogP contribution in [0, 0.1) is 0 Å². The van der Waals surface area contributed by atoms with E-state index in [0.29, 0.717) is 0 Å². The Hall–Kier alpha value is -1.14. The molecule has 0 aliphatic carbocycles. The summed E-state index contributed by atoms with van der Waals surface area (Å²) in [5.41, 5.74) is 0. The summed E-state index contributed by atoms with van der Waals surface area (Å²) >= 11 is 0. The molecule has 2 atom stereocenters. The van der Waals surface area contributed by atoms with Crippen LogP contribution in [-0.2, 0) is 4.79 Å². The number of aliphatic hydroxyl groups is 2. The molecule has 0 radical (unpaired) electrons. The van der Waals surface area contributed by atoms with E-state index in [1.165, 1.54) is 7.05 Å². The summed E-state index contributed by atoms with van der Waals surface area (Å²) in [6.45, 7) is 0. The Morgan fingerprint density at radius 2 is 2.00 bits per heavy atom. The van der Waals surface area contributed by atoms with Crippen molar-refractivity contribution in [3.63, 3.8) is 0 Å².